The largest absolute Gasteiger partial charge is 0.486 e. The lowest BCUT2D eigenvalue weighted by Gasteiger charge is -2.13. The molecule has 2 nitrogen and oxygen atoms in total. The minimum absolute atomic E-state index is 0.270. The molecule has 21 heavy (non-hydrogen) atoms. The molecule has 0 aliphatic carbocycles. The number of rotatable bonds is 5. The van der Waals surface area contributed by atoms with Crippen LogP contribution in [0.3, 0.4) is 0 Å². The summed E-state index contributed by atoms with van der Waals surface area (Å²) in [5.74, 6) is 0.388. The maximum Gasteiger partial charge on any atom is 0.148 e. The Morgan fingerprint density at radius 3 is 2.38 bits per heavy atom. The monoisotopic (exact) mass is 479 g/mol. The van der Waals surface area contributed by atoms with E-state index in [2.05, 4.69) is 47.8 Å². The molecule has 0 aliphatic heterocycles. The van der Waals surface area contributed by atoms with Gasteiger partial charge < -0.3 is 10.5 Å². The van der Waals surface area contributed by atoms with Crippen LogP contribution in [-0.4, -0.2) is 6.54 Å². The molecule has 0 bridgehead atoms. The van der Waals surface area contributed by atoms with E-state index in [1.165, 1.54) is 6.07 Å². The van der Waals surface area contributed by atoms with Crippen molar-refractivity contribution in [2.24, 2.45) is 5.73 Å². The first kappa shape index (κ1) is 16.9. The zero-order valence-corrected chi connectivity index (χ0v) is 15.8. The molecule has 0 amide bonds. The lowest BCUT2D eigenvalue weighted by atomic mass is 10.1. The highest BCUT2D eigenvalue weighted by Crippen LogP contribution is 2.36. The molecule has 112 valence electrons. The van der Waals surface area contributed by atoms with Gasteiger partial charge in [0.25, 0.3) is 0 Å². The van der Waals surface area contributed by atoms with Crippen LogP contribution < -0.4 is 10.5 Å². The lowest BCUT2D eigenvalue weighted by Crippen LogP contribution is -2.04. The highest BCUT2D eigenvalue weighted by molar-refractivity contribution is 9.11. The van der Waals surface area contributed by atoms with Crippen LogP contribution in [0.1, 0.15) is 11.1 Å². The summed E-state index contributed by atoms with van der Waals surface area (Å²) in [6, 6.07) is 8.84. The Morgan fingerprint density at radius 2 is 1.76 bits per heavy atom. The van der Waals surface area contributed by atoms with Crippen LogP contribution in [0.2, 0.25) is 0 Å². The summed E-state index contributed by atoms with van der Waals surface area (Å²) in [5, 5.41) is 0. The Bertz CT molecular complexity index is 626. The van der Waals surface area contributed by atoms with Crippen LogP contribution in [0.4, 0.5) is 4.39 Å². The summed E-state index contributed by atoms with van der Waals surface area (Å²) < 4.78 is 21.4. The smallest absolute Gasteiger partial charge is 0.148 e. The number of benzene rings is 2. The molecule has 0 radical (unpaired) electrons. The second-order valence-corrected chi connectivity index (χ2v) is 6.93. The molecule has 0 unspecified atom stereocenters. The molecule has 0 saturated carbocycles. The van der Waals surface area contributed by atoms with E-state index in [4.69, 9.17) is 10.5 Å². The van der Waals surface area contributed by atoms with Crippen LogP contribution in [-0.2, 0) is 13.0 Å². The van der Waals surface area contributed by atoms with Crippen molar-refractivity contribution in [2.45, 2.75) is 13.0 Å². The third-order valence-corrected chi connectivity index (χ3v) is 4.96. The quantitative estimate of drug-likeness (QED) is 0.637. The van der Waals surface area contributed by atoms with Crippen LogP contribution in [0.25, 0.3) is 0 Å². The van der Waals surface area contributed by atoms with E-state index < -0.39 is 0 Å². The van der Waals surface area contributed by atoms with Gasteiger partial charge in [0.05, 0.1) is 13.4 Å². The van der Waals surface area contributed by atoms with Crippen molar-refractivity contribution < 1.29 is 9.13 Å². The molecule has 0 saturated heterocycles. The van der Waals surface area contributed by atoms with E-state index in [1.807, 2.05) is 18.2 Å². The summed E-state index contributed by atoms with van der Waals surface area (Å²) in [6.07, 6.45) is 0.799. The van der Waals surface area contributed by atoms with Crippen molar-refractivity contribution in [3.63, 3.8) is 0 Å². The van der Waals surface area contributed by atoms with Gasteiger partial charge in [0.2, 0.25) is 0 Å². The first-order chi connectivity index (χ1) is 10.0. The normalized spacial score (nSPS) is 10.7. The van der Waals surface area contributed by atoms with E-state index in [-0.39, 0.29) is 12.4 Å². The molecule has 0 fully saturated rings. The Balaban J connectivity index is 2.18. The highest BCUT2D eigenvalue weighted by atomic mass is 79.9. The summed E-state index contributed by atoms with van der Waals surface area (Å²) in [7, 11) is 0. The Kier molecular flexibility index (Phi) is 6.22. The third kappa shape index (κ3) is 4.28. The summed E-state index contributed by atoms with van der Waals surface area (Å²) in [6.45, 7) is 0.862. The highest BCUT2D eigenvalue weighted by Gasteiger charge is 2.11. The first-order valence-corrected chi connectivity index (χ1v) is 8.64. The summed E-state index contributed by atoms with van der Waals surface area (Å²) in [4.78, 5) is 0. The maximum absolute atomic E-state index is 13.5. The van der Waals surface area contributed by atoms with Crippen molar-refractivity contribution in [2.75, 3.05) is 6.54 Å². The Morgan fingerprint density at radius 1 is 1.10 bits per heavy atom. The third-order valence-electron chi connectivity index (χ3n) is 2.89. The van der Waals surface area contributed by atoms with Crippen molar-refractivity contribution in [3.05, 3.63) is 60.7 Å². The zero-order valence-electron chi connectivity index (χ0n) is 11.0. The van der Waals surface area contributed by atoms with Gasteiger partial charge in [-0.15, -0.1) is 0 Å². The van der Waals surface area contributed by atoms with Gasteiger partial charge in [-0.1, -0.05) is 12.1 Å². The second kappa shape index (κ2) is 7.72. The molecule has 0 aliphatic rings. The van der Waals surface area contributed by atoms with Crippen LogP contribution >= 0.6 is 47.8 Å². The number of halogens is 4. The van der Waals surface area contributed by atoms with Crippen LogP contribution in [0.5, 0.6) is 5.75 Å². The molecule has 0 spiro atoms. The molecule has 0 heterocycles. The molecular weight excluding hydrogens is 469 g/mol. The van der Waals surface area contributed by atoms with E-state index >= 15 is 0 Å². The number of hydrogen-bond donors (Lipinski definition) is 1. The average molecular weight is 482 g/mol. The Labute approximate surface area is 148 Å². The van der Waals surface area contributed by atoms with Crippen LogP contribution in [0.15, 0.2) is 43.7 Å². The van der Waals surface area contributed by atoms with Crippen molar-refractivity contribution in [1.82, 2.24) is 0 Å². The summed E-state index contributed by atoms with van der Waals surface area (Å²) >= 11 is 10.2. The molecule has 0 aromatic heterocycles. The fraction of sp³-hybridized carbons (Fsp3) is 0.200. The predicted molar refractivity (Wildman–Crippen MR) is 93.0 cm³/mol. The average Bonchev–Trinajstić information content (AvgIpc) is 2.42. The number of nitrogens with two attached hydrogens (primary N) is 1. The van der Waals surface area contributed by atoms with Gasteiger partial charge in [-0.05, 0) is 84.5 Å². The van der Waals surface area contributed by atoms with Crippen LogP contribution in [0, 0.1) is 5.82 Å². The maximum atomic E-state index is 13.5. The SMILES string of the molecule is NCCc1cc(Br)c(OCc2cccc(F)c2Br)c(Br)c1. The van der Waals surface area contributed by atoms with E-state index in [0.29, 0.717) is 16.8 Å². The van der Waals surface area contributed by atoms with Crippen molar-refractivity contribution in [3.8, 4) is 5.75 Å². The molecule has 2 aromatic rings. The number of hydrogen-bond acceptors (Lipinski definition) is 2. The topological polar surface area (TPSA) is 35.2 Å². The van der Waals surface area contributed by atoms with Gasteiger partial charge in [-0.25, -0.2) is 4.39 Å². The minimum atomic E-state index is -0.299. The molecule has 2 N–H and O–H groups in total. The molecular formula is C15H13Br3FNO. The molecule has 6 heteroatoms. The molecule has 2 aromatic carbocycles. The van der Waals surface area contributed by atoms with Gasteiger partial charge in [0.15, 0.2) is 0 Å². The van der Waals surface area contributed by atoms with Crippen molar-refractivity contribution in [1.29, 1.82) is 0 Å². The van der Waals surface area contributed by atoms with Gasteiger partial charge in [0, 0.05) is 5.56 Å². The van der Waals surface area contributed by atoms with Gasteiger partial charge >= 0.3 is 0 Å². The molecule has 2 rings (SSSR count). The van der Waals surface area contributed by atoms with Crippen molar-refractivity contribution >= 4 is 47.8 Å². The van der Waals surface area contributed by atoms with E-state index in [0.717, 1.165) is 26.5 Å². The molecule has 0 atom stereocenters. The van der Waals surface area contributed by atoms with Gasteiger partial charge in [0.1, 0.15) is 18.2 Å². The Hall–Kier alpha value is -0.430. The standard InChI is InChI=1S/C15H13Br3FNO/c16-11-6-9(4-5-20)7-12(17)15(11)21-8-10-2-1-3-13(19)14(10)18/h1-3,6-7H,4-5,8,20H2. The van der Waals surface area contributed by atoms with E-state index in [1.54, 1.807) is 6.07 Å². The predicted octanol–water partition coefficient (Wildman–Crippen LogP) is 5.19. The number of ether oxygens (including phenoxy) is 1. The fourth-order valence-corrected chi connectivity index (χ4v) is 3.76. The summed E-state index contributed by atoms with van der Waals surface area (Å²) in [5.41, 5.74) is 7.43. The van der Waals surface area contributed by atoms with E-state index in [9.17, 15) is 4.39 Å². The van der Waals surface area contributed by atoms with Gasteiger partial charge in [-0.3, -0.25) is 0 Å². The zero-order chi connectivity index (χ0) is 15.4. The second-order valence-electron chi connectivity index (χ2n) is 4.43. The fourth-order valence-electron chi connectivity index (χ4n) is 1.87. The van der Waals surface area contributed by atoms with Gasteiger partial charge in [-0.2, -0.15) is 0 Å². The lowest BCUT2D eigenvalue weighted by molar-refractivity contribution is 0.300. The first-order valence-electron chi connectivity index (χ1n) is 6.26. The minimum Gasteiger partial charge on any atom is -0.486 e.